The average Bonchev–Trinajstić information content (AvgIpc) is 2.83. The number of aryl methyl sites for hydroxylation is 2. The van der Waals surface area contributed by atoms with Crippen LogP contribution in [0.4, 0.5) is 0 Å². The molecule has 0 spiro atoms. The Kier molecular flexibility index (Phi) is 10.2. The molecular weight excluding hydrogens is 476 g/mol. The van der Waals surface area contributed by atoms with Crippen LogP contribution in [0, 0.1) is 19.8 Å². The van der Waals surface area contributed by atoms with Crippen LogP contribution in [0.1, 0.15) is 56.1 Å². The van der Waals surface area contributed by atoms with Crippen LogP contribution < -0.4 is 10.1 Å². The predicted molar refractivity (Wildman–Crippen MR) is 144 cm³/mol. The van der Waals surface area contributed by atoms with Crippen molar-refractivity contribution < 1.29 is 17.9 Å². The lowest BCUT2D eigenvalue weighted by Crippen LogP contribution is -2.45. The number of benzene rings is 1. The van der Waals surface area contributed by atoms with Gasteiger partial charge in [0.1, 0.15) is 5.75 Å². The third-order valence-electron chi connectivity index (χ3n) is 8.01. The molecule has 1 aliphatic carbocycles. The maximum atomic E-state index is 13.2. The quantitative estimate of drug-likeness (QED) is 0.509. The Morgan fingerprint density at radius 2 is 1.61 bits per heavy atom. The molecule has 8 nitrogen and oxygen atoms in total. The number of carbonyl (C=O) groups excluding carboxylic acids is 1. The van der Waals surface area contributed by atoms with Crippen LogP contribution in [-0.4, -0.2) is 94.9 Å². The Bertz CT molecular complexity index is 958. The van der Waals surface area contributed by atoms with Crippen molar-refractivity contribution in [2.24, 2.45) is 5.92 Å². The minimum absolute atomic E-state index is 0.0746. The van der Waals surface area contributed by atoms with Crippen LogP contribution in [0.15, 0.2) is 17.0 Å². The number of hydrogen-bond acceptors (Lipinski definition) is 6. The molecule has 3 rings (SSSR count). The van der Waals surface area contributed by atoms with Gasteiger partial charge in [-0.2, -0.15) is 0 Å². The van der Waals surface area contributed by atoms with Crippen molar-refractivity contribution in [1.29, 1.82) is 0 Å². The van der Waals surface area contributed by atoms with Crippen molar-refractivity contribution in [3.63, 3.8) is 0 Å². The molecule has 0 bridgehead atoms. The lowest BCUT2D eigenvalue weighted by molar-refractivity contribution is -0.122. The first-order valence-corrected chi connectivity index (χ1v) is 14.7. The van der Waals surface area contributed by atoms with Crippen molar-refractivity contribution in [2.75, 3.05) is 54.4 Å². The van der Waals surface area contributed by atoms with Gasteiger partial charge in [0.15, 0.2) is 0 Å². The van der Waals surface area contributed by atoms with Gasteiger partial charge in [-0.3, -0.25) is 4.79 Å². The Hall–Kier alpha value is -1.68. The van der Waals surface area contributed by atoms with E-state index in [1.54, 1.807) is 33.1 Å². The first kappa shape index (κ1) is 28.9. The van der Waals surface area contributed by atoms with Gasteiger partial charge < -0.3 is 19.9 Å². The minimum Gasteiger partial charge on any atom is -0.497 e. The zero-order chi connectivity index (χ0) is 26.5. The van der Waals surface area contributed by atoms with E-state index in [-0.39, 0.29) is 29.8 Å². The maximum Gasteiger partial charge on any atom is 0.243 e. The smallest absolute Gasteiger partial charge is 0.243 e. The highest BCUT2D eigenvalue weighted by atomic mass is 32.2. The molecule has 1 saturated heterocycles. The van der Waals surface area contributed by atoms with Gasteiger partial charge in [-0.05, 0) is 109 Å². The lowest BCUT2D eigenvalue weighted by atomic mass is 9.85. The average molecular weight is 523 g/mol. The molecule has 1 aliphatic heterocycles. The molecule has 0 aromatic heterocycles. The second-order valence-corrected chi connectivity index (χ2v) is 12.9. The van der Waals surface area contributed by atoms with Gasteiger partial charge in [0.05, 0.1) is 12.0 Å². The number of carbonyl (C=O) groups is 1. The van der Waals surface area contributed by atoms with Crippen molar-refractivity contribution in [3.8, 4) is 5.75 Å². The van der Waals surface area contributed by atoms with E-state index in [1.807, 2.05) is 0 Å². The summed E-state index contributed by atoms with van der Waals surface area (Å²) >= 11 is 0. The maximum absolute atomic E-state index is 13.2. The third-order valence-corrected chi connectivity index (χ3v) is 10.2. The highest BCUT2D eigenvalue weighted by molar-refractivity contribution is 7.89. The van der Waals surface area contributed by atoms with Crippen LogP contribution in [0.3, 0.4) is 0 Å². The molecule has 1 amide bonds. The van der Waals surface area contributed by atoms with Crippen LogP contribution in [0.5, 0.6) is 5.75 Å². The number of hydrogen-bond donors (Lipinski definition) is 1. The van der Waals surface area contributed by atoms with Gasteiger partial charge in [0.25, 0.3) is 0 Å². The third kappa shape index (κ3) is 7.43. The van der Waals surface area contributed by atoms with Crippen LogP contribution in [-0.2, 0) is 14.8 Å². The zero-order valence-electron chi connectivity index (χ0n) is 23.0. The summed E-state index contributed by atoms with van der Waals surface area (Å²) in [7, 11) is 3.76. The predicted octanol–water partition coefficient (Wildman–Crippen LogP) is 3.02. The van der Waals surface area contributed by atoms with Gasteiger partial charge in [0, 0.05) is 38.6 Å². The summed E-state index contributed by atoms with van der Waals surface area (Å²) < 4.78 is 32.9. The Balaban J connectivity index is 1.41. The molecule has 0 atom stereocenters. The first-order valence-electron chi connectivity index (χ1n) is 13.3. The first-order chi connectivity index (χ1) is 17.0. The van der Waals surface area contributed by atoms with E-state index in [2.05, 4.69) is 29.2 Å². The number of amides is 1. The summed E-state index contributed by atoms with van der Waals surface area (Å²) in [5.74, 6) is 1.27. The van der Waals surface area contributed by atoms with Gasteiger partial charge in [-0.1, -0.05) is 0 Å². The fourth-order valence-corrected chi connectivity index (χ4v) is 7.32. The van der Waals surface area contributed by atoms with E-state index in [0.717, 1.165) is 25.7 Å². The number of nitrogens with one attached hydrogen (secondary N) is 1. The topological polar surface area (TPSA) is 82.2 Å². The SMILES string of the molecule is COc1cc(C)c(S(=O)(=O)N(C)CCC(=O)N[C@H]2CC[C@@H](CN3CCC(N(C)C)CC3)CC2)c(C)c1. The van der Waals surface area contributed by atoms with Crippen LogP contribution in [0.25, 0.3) is 0 Å². The van der Waals surface area contributed by atoms with Crippen molar-refractivity contribution in [1.82, 2.24) is 19.4 Å². The molecule has 2 aliphatic rings. The molecule has 0 unspecified atom stereocenters. The van der Waals surface area contributed by atoms with E-state index in [9.17, 15) is 13.2 Å². The molecule has 1 aromatic carbocycles. The van der Waals surface area contributed by atoms with E-state index in [1.165, 1.54) is 43.8 Å². The molecule has 2 fully saturated rings. The van der Waals surface area contributed by atoms with E-state index < -0.39 is 10.0 Å². The number of likely N-dealkylation sites (tertiary alicyclic amines) is 1. The molecule has 9 heteroatoms. The number of sulfonamides is 1. The molecular formula is C27H46N4O4S. The molecule has 204 valence electrons. The zero-order valence-corrected chi connectivity index (χ0v) is 23.9. The number of methoxy groups -OCH3 is 1. The highest BCUT2D eigenvalue weighted by Crippen LogP contribution is 2.29. The van der Waals surface area contributed by atoms with Gasteiger partial charge >= 0.3 is 0 Å². The number of ether oxygens (including phenoxy) is 1. The lowest BCUT2D eigenvalue weighted by Gasteiger charge is -2.38. The Morgan fingerprint density at radius 3 is 2.14 bits per heavy atom. The Labute approximate surface area is 218 Å². The van der Waals surface area contributed by atoms with Crippen LogP contribution >= 0.6 is 0 Å². The van der Waals surface area contributed by atoms with Gasteiger partial charge in [-0.15, -0.1) is 0 Å². The van der Waals surface area contributed by atoms with Crippen molar-refractivity contribution in [2.45, 2.75) is 75.8 Å². The molecule has 1 heterocycles. The normalized spacial score (nSPS) is 22.2. The number of piperidine rings is 1. The fourth-order valence-electron chi connectivity index (χ4n) is 5.74. The summed E-state index contributed by atoms with van der Waals surface area (Å²) in [6.07, 6.45) is 6.95. The monoisotopic (exact) mass is 522 g/mol. The molecule has 1 aromatic rings. The second-order valence-electron chi connectivity index (χ2n) is 10.9. The van der Waals surface area contributed by atoms with Gasteiger partial charge in [-0.25, -0.2) is 12.7 Å². The summed E-state index contributed by atoms with van der Waals surface area (Å²) in [6, 6.07) is 4.36. The van der Waals surface area contributed by atoms with E-state index in [4.69, 9.17) is 4.74 Å². The summed E-state index contributed by atoms with van der Waals surface area (Å²) in [5.41, 5.74) is 1.28. The number of nitrogens with zero attached hydrogens (tertiary/aromatic N) is 3. The minimum atomic E-state index is -3.69. The molecule has 36 heavy (non-hydrogen) atoms. The number of rotatable bonds is 10. The standard InChI is InChI=1S/C27H46N4O4S/c1-20-17-25(35-6)18-21(2)27(20)36(33,34)30(5)14-13-26(32)28-23-9-7-22(8-10-23)19-31-15-11-24(12-16-31)29(3)4/h17-18,22-24H,7-16,19H2,1-6H3,(H,28,32)/t22-,23+. The Morgan fingerprint density at radius 1 is 1.03 bits per heavy atom. The van der Waals surface area contributed by atoms with E-state index >= 15 is 0 Å². The summed E-state index contributed by atoms with van der Waals surface area (Å²) in [4.78, 5) is 17.9. The molecule has 1 saturated carbocycles. The van der Waals surface area contributed by atoms with Crippen LogP contribution in [0.2, 0.25) is 0 Å². The van der Waals surface area contributed by atoms with Crippen molar-refractivity contribution in [3.05, 3.63) is 23.3 Å². The summed E-state index contributed by atoms with van der Waals surface area (Å²) in [5, 5.41) is 3.15. The second kappa shape index (κ2) is 12.7. The highest BCUT2D eigenvalue weighted by Gasteiger charge is 2.28. The fraction of sp³-hybridized carbons (Fsp3) is 0.741. The van der Waals surface area contributed by atoms with Gasteiger partial charge in [0.2, 0.25) is 15.9 Å². The molecule has 0 radical (unpaired) electrons. The molecule has 1 N–H and O–H groups in total. The van der Waals surface area contributed by atoms with Crippen molar-refractivity contribution >= 4 is 15.9 Å². The van der Waals surface area contributed by atoms with E-state index in [0.29, 0.717) is 28.8 Å². The largest absolute Gasteiger partial charge is 0.497 e. The summed E-state index contributed by atoms with van der Waals surface area (Å²) in [6.45, 7) is 7.23.